The third kappa shape index (κ3) is 5.21. The van der Waals surface area contributed by atoms with E-state index in [4.69, 9.17) is 14.2 Å². The van der Waals surface area contributed by atoms with Crippen LogP contribution in [0.3, 0.4) is 0 Å². The van der Waals surface area contributed by atoms with Crippen molar-refractivity contribution < 1.29 is 23.8 Å². The molecule has 1 aromatic carbocycles. The molecule has 0 aliphatic carbocycles. The summed E-state index contributed by atoms with van der Waals surface area (Å²) in [5.74, 6) is 0.706. The highest BCUT2D eigenvalue weighted by atomic mass is 16.5. The van der Waals surface area contributed by atoms with E-state index in [-0.39, 0.29) is 24.5 Å². The van der Waals surface area contributed by atoms with E-state index in [0.717, 1.165) is 29.9 Å². The Morgan fingerprint density at radius 2 is 1.84 bits per heavy atom. The zero-order chi connectivity index (χ0) is 22.5. The molecular formula is C24H32N2O5. The van der Waals surface area contributed by atoms with Crippen LogP contribution in [0.1, 0.15) is 60.5 Å². The summed E-state index contributed by atoms with van der Waals surface area (Å²) in [5, 5.41) is 2.99. The third-order valence-corrected chi connectivity index (χ3v) is 5.56. The van der Waals surface area contributed by atoms with Gasteiger partial charge in [0.05, 0.1) is 24.8 Å². The van der Waals surface area contributed by atoms with E-state index >= 15 is 0 Å². The summed E-state index contributed by atoms with van der Waals surface area (Å²) in [7, 11) is 0. The number of benzene rings is 1. The number of nitrogens with one attached hydrogen (secondary N) is 1. The van der Waals surface area contributed by atoms with Crippen LogP contribution in [0.2, 0.25) is 0 Å². The molecule has 1 aromatic heterocycles. The van der Waals surface area contributed by atoms with Gasteiger partial charge in [-0.3, -0.25) is 4.79 Å². The number of ether oxygens (including phenoxy) is 3. The molecular weight excluding hydrogens is 396 g/mol. The van der Waals surface area contributed by atoms with Crippen molar-refractivity contribution in [1.29, 1.82) is 0 Å². The molecule has 7 nitrogen and oxygen atoms in total. The zero-order valence-corrected chi connectivity index (χ0v) is 19.0. The van der Waals surface area contributed by atoms with Crippen LogP contribution in [0, 0.1) is 19.8 Å². The van der Waals surface area contributed by atoms with Crippen LogP contribution in [-0.4, -0.2) is 36.3 Å². The minimum Gasteiger partial charge on any atom is -0.490 e. The van der Waals surface area contributed by atoms with E-state index in [9.17, 15) is 9.59 Å². The molecule has 2 heterocycles. The Labute approximate surface area is 183 Å². The Morgan fingerprint density at radius 1 is 1.13 bits per heavy atom. The van der Waals surface area contributed by atoms with Gasteiger partial charge in [0.1, 0.15) is 0 Å². The second-order valence-corrected chi connectivity index (χ2v) is 8.15. The van der Waals surface area contributed by atoms with Crippen molar-refractivity contribution in [2.45, 2.75) is 53.6 Å². The Morgan fingerprint density at radius 3 is 2.48 bits per heavy atom. The van der Waals surface area contributed by atoms with Gasteiger partial charge in [-0.15, -0.1) is 0 Å². The highest BCUT2D eigenvalue weighted by Gasteiger charge is 2.23. The van der Waals surface area contributed by atoms with Crippen LogP contribution < -0.4 is 14.8 Å². The van der Waals surface area contributed by atoms with Crippen LogP contribution in [0.4, 0.5) is 0 Å². The SMILES string of the molecule is CCn1c(C)cc(C(=O)OCC(=O)N[C@H](c2ccc3c(c2)OCCCO3)C(C)C)c1C. The number of esters is 1. The quantitative estimate of drug-likeness (QED) is 0.676. The fourth-order valence-electron chi connectivity index (χ4n) is 3.93. The number of hydrogen-bond acceptors (Lipinski definition) is 5. The molecule has 0 saturated carbocycles. The first-order valence-corrected chi connectivity index (χ1v) is 10.8. The van der Waals surface area contributed by atoms with Crippen molar-refractivity contribution >= 4 is 11.9 Å². The molecule has 0 saturated heterocycles. The fraction of sp³-hybridized carbons (Fsp3) is 0.500. The molecule has 2 aromatic rings. The molecule has 31 heavy (non-hydrogen) atoms. The Bertz CT molecular complexity index is 948. The molecule has 0 bridgehead atoms. The maximum atomic E-state index is 12.6. The number of aryl methyl sites for hydroxylation is 1. The van der Waals surface area contributed by atoms with Gasteiger partial charge in [0.25, 0.3) is 5.91 Å². The number of aromatic nitrogens is 1. The van der Waals surface area contributed by atoms with E-state index in [2.05, 4.69) is 5.32 Å². The van der Waals surface area contributed by atoms with Gasteiger partial charge < -0.3 is 24.1 Å². The van der Waals surface area contributed by atoms with E-state index in [1.54, 1.807) is 6.07 Å². The van der Waals surface area contributed by atoms with Gasteiger partial charge in [-0.1, -0.05) is 19.9 Å². The molecule has 0 fully saturated rings. The molecule has 3 rings (SSSR count). The summed E-state index contributed by atoms with van der Waals surface area (Å²) in [6, 6.07) is 7.28. The van der Waals surface area contributed by atoms with Crippen molar-refractivity contribution in [3.05, 3.63) is 46.8 Å². The number of hydrogen-bond donors (Lipinski definition) is 1. The molecule has 1 N–H and O–H groups in total. The number of rotatable bonds is 7. The summed E-state index contributed by atoms with van der Waals surface area (Å²) >= 11 is 0. The molecule has 168 valence electrons. The van der Waals surface area contributed by atoms with E-state index in [1.165, 1.54) is 0 Å². The predicted molar refractivity (Wildman–Crippen MR) is 118 cm³/mol. The minimum atomic E-state index is -0.486. The van der Waals surface area contributed by atoms with Gasteiger partial charge in [0, 0.05) is 24.4 Å². The largest absolute Gasteiger partial charge is 0.490 e. The number of carbonyl (C=O) groups excluding carboxylic acids is 2. The highest BCUT2D eigenvalue weighted by Crippen LogP contribution is 2.34. The lowest BCUT2D eigenvalue weighted by molar-refractivity contribution is -0.125. The molecule has 0 unspecified atom stereocenters. The summed E-state index contributed by atoms with van der Waals surface area (Å²) in [6.45, 7) is 11.6. The topological polar surface area (TPSA) is 78.8 Å². The molecule has 1 aliphatic heterocycles. The maximum Gasteiger partial charge on any atom is 0.340 e. The number of nitrogens with zero attached hydrogens (tertiary/aromatic N) is 1. The Hall–Kier alpha value is -2.96. The minimum absolute atomic E-state index is 0.132. The van der Waals surface area contributed by atoms with Crippen molar-refractivity contribution in [2.24, 2.45) is 5.92 Å². The van der Waals surface area contributed by atoms with Crippen LogP contribution in [0.15, 0.2) is 24.3 Å². The van der Waals surface area contributed by atoms with Crippen molar-refractivity contribution in [3.63, 3.8) is 0 Å². The summed E-state index contributed by atoms with van der Waals surface area (Å²) < 4.78 is 18.8. The smallest absolute Gasteiger partial charge is 0.340 e. The van der Waals surface area contributed by atoms with Crippen LogP contribution in [0.25, 0.3) is 0 Å². The Balaban J connectivity index is 1.65. The van der Waals surface area contributed by atoms with E-state index < -0.39 is 5.97 Å². The van der Waals surface area contributed by atoms with Gasteiger partial charge in [-0.25, -0.2) is 4.79 Å². The first kappa shape index (κ1) is 22.7. The van der Waals surface area contributed by atoms with Crippen molar-refractivity contribution in [2.75, 3.05) is 19.8 Å². The molecule has 1 amide bonds. The van der Waals surface area contributed by atoms with Gasteiger partial charge >= 0.3 is 5.97 Å². The first-order chi connectivity index (χ1) is 14.8. The lowest BCUT2D eigenvalue weighted by atomic mass is 9.95. The van der Waals surface area contributed by atoms with E-state index in [1.807, 2.05) is 57.4 Å². The maximum absolute atomic E-state index is 12.6. The van der Waals surface area contributed by atoms with Gasteiger partial charge in [0.2, 0.25) is 0 Å². The second kappa shape index (κ2) is 9.90. The number of carbonyl (C=O) groups is 2. The summed E-state index contributed by atoms with van der Waals surface area (Å²) in [4.78, 5) is 25.1. The first-order valence-electron chi connectivity index (χ1n) is 10.8. The van der Waals surface area contributed by atoms with Gasteiger partial charge in [-0.05, 0) is 50.5 Å². The molecule has 0 radical (unpaired) electrons. The number of amides is 1. The van der Waals surface area contributed by atoms with Gasteiger partial charge in [-0.2, -0.15) is 0 Å². The summed E-state index contributed by atoms with van der Waals surface area (Å²) in [5.41, 5.74) is 3.25. The zero-order valence-electron chi connectivity index (χ0n) is 19.0. The Kier molecular flexibility index (Phi) is 7.25. The van der Waals surface area contributed by atoms with E-state index in [0.29, 0.717) is 30.3 Å². The van der Waals surface area contributed by atoms with Crippen LogP contribution in [-0.2, 0) is 16.1 Å². The second-order valence-electron chi connectivity index (χ2n) is 8.15. The highest BCUT2D eigenvalue weighted by molar-refractivity contribution is 5.92. The fourth-order valence-corrected chi connectivity index (χ4v) is 3.93. The van der Waals surface area contributed by atoms with Crippen LogP contribution in [0.5, 0.6) is 11.5 Å². The molecule has 7 heteroatoms. The molecule has 0 spiro atoms. The number of fused-ring (bicyclic) bond motifs is 1. The van der Waals surface area contributed by atoms with Crippen molar-refractivity contribution in [3.8, 4) is 11.5 Å². The lowest BCUT2D eigenvalue weighted by Crippen LogP contribution is -2.35. The third-order valence-electron chi connectivity index (χ3n) is 5.56. The van der Waals surface area contributed by atoms with Crippen LogP contribution >= 0.6 is 0 Å². The lowest BCUT2D eigenvalue weighted by Gasteiger charge is -2.24. The average Bonchev–Trinajstić information content (AvgIpc) is 2.90. The van der Waals surface area contributed by atoms with Crippen molar-refractivity contribution in [1.82, 2.24) is 9.88 Å². The summed E-state index contributed by atoms with van der Waals surface area (Å²) in [6.07, 6.45) is 0.834. The standard InChI is InChI=1S/C24H32N2O5/c1-6-26-16(4)12-19(17(26)5)24(28)31-14-22(27)25-23(15(2)3)18-8-9-20-21(13-18)30-11-7-10-29-20/h8-9,12-13,15,23H,6-7,10-11,14H2,1-5H3,(H,25,27)/t23-/m0/s1. The molecule has 1 aliphatic rings. The predicted octanol–water partition coefficient (Wildman–Crippen LogP) is 3.96. The molecule has 1 atom stereocenters. The normalized spacial score (nSPS) is 14.1. The monoisotopic (exact) mass is 428 g/mol. The van der Waals surface area contributed by atoms with Gasteiger partial charge in [0.15, 0.2) is 18.1 Å². The average molecular weight is 429 g/mol.